The molecule has 1 aliphatic carbocycles. The molecule has 0 radical (unpaired) electrons. The fraction of sp³-hybridized carbons (Fsp3) is 0.923. The third-order valence-electron chi connectivity index (χ3n) is 3.58. The van der Waals surface area contributed by atoms with Crippen molar-refractivity contribution in [1.29, 1.82) is 0 Å². The Hall–Kier alpha value is -0.370. The van der Waals surface area contributed by atoms with Crippen molar-refractivity contribution in [2.45, 2.75) is 59.0 Å². The minimum atomic E-state index is -0.199. The molecule has 2 heteroatoms. The zero-order valence-electron chi connectivity index (χ0n) is 10.3. The predicted molar refractivity (Wildman–Crippen MR) is 61.8 cm³/mol. The van der Waals surface area contributed by atoms with Crippen molar-refractivity contribution in [3.05, 3.63) is 0 Å². The fourth-order valence-corrected chi connectivity index (χ4v) is 2.58. The van der Waals surface area contributed by atoms with Gasteiger partial charge in [0.05, 0.1) is 0 Å². The average molecular weight is 212 g/mol. The number of carbonyl (C=O) groups is 1. The maximum atomic E-state index is 12.0. The zero-order valence-corrected chi connectivity index (χ0v) is 10.3. The highest BCUT2D eigenvalue weighted by Crippen LogP contribution is 2.32. The Bertz CT molecular complexity index is 201. The second kappa shape index (κ2) is 6.26. The van der Waals surface area contributed by atoms with E-state index in [4.69, 9.17) is 4.74 Å². The normalized spacial score (nSPS) is 28.7. The highest BCUT2D eigenvalue weighted by Gasteiger charge is 2.29. The van der Waals surface area contributed by atoms with Crippen LogP contribution >= 0.6 is 0 Å². The van der Waals surface area contributed by atoms with Crippen LogP contribution in [0, 0.1) is 11.8 Å². The Kier molecular flexibility index (Phi) is 5.30. The van der Waals surface area contributed by atoms with Crippen molar-refractivity contribution in [2.24, 2.45) is 11.8 Å². The first kappa shape index (κ1) is 12.7. The molecule has 0 amide bonds. The summed E-state index contributed by atoms with van der Waals surface area (Å²) < 4.78 is 5.38. The summed E-state index contributed by atoms with van der Waals surface area (Å²) >= 11 is 0. The van der Waals surface area contributed by atoms with E-state index in [0.717, 1.165) is 18.8 Å². The van der Waals surface area contributed by atoms with Gasteiger partial charge in [0.25, 0.3) is 0 Å². The molecule has 15 heavy (non-hydrogen) atoms. The Morgan fingerprint density at radius 1 is 1.40 bits per heavy atom. The van der Waals surface area contributed by atoms with Crippen molar-refractivity contribution in [2.75, 3.05) is 6.61 Å². The third-order valence-corrected chi connectivity index (χ3v) is 3.58. The fourth-order valence-electron chi connectivity index (χ4n) is 2.58. The molecular formula is C13H24O2. The summed E-state index contributed by atoms with van der Waals surface area (Å²) in [5.74, 6) is 1.36. The van der Waals surface area contributed by atoms with Gasteiger partial charge in [0.15, 0.2) is 5.78 Å². The van der Waals surface area contributed by atoms with E-state index < -0.39 is 0 Å². The van der Waals surface area contributed by atoms with E-state index in [9.17, 15) is 4.79 Å². The molecule has 2 nitrogen and oxygen atoms in total. The second-order valence-corrected chi connectivity index (χ2v) is 4.64. The SMILES string of the molecule is CCOC(C)C(=O)C1CCCC(CC)C1. The first-order valence-electron chi connectivity index (χ1n) is 6.34. The Morgan fingerprint density at radius 2 is 2.13 bits per heavy atom. The van der Waals surface area contributed by atoms with Crippen LogP contribution in [0.15, 0.2) is 0 Å². The first-order valence-corrected chi connectivity index (χ1v) is 6.34. The lowest BCUT2D eigenvalue weighted by atomic mass is 9.77. The Morgan fingerprint density at radius 3 is 2.73 bits per heavy atom. The van der Waals surface area contributed by atoms with Gasteiger partial charge in [0.1, 0.15) is 6.10 Å². The molecule has 0 aromatic carbocycles. The first-order chi connectivity index (χ1) is 7.19. The summed E-state index contributed by atoms with van der Waals surface area (Å²) in [4.78, 5) is 12.0. The van der Waals surface area contributed by atoms with Gasteiger partial charge >= 0.3 is 0 Å². The van der Waals surface area contributed by atoms with E-state index in [0.29, 0.717) is 12.4 Å². The molecular weight excluding hydrogens is 188 g/mol. The van der Waals surface area contributed by atoms with Crippen LogP contribution in [0.2, 0.25) is 0 Å². The second-order valence-electron chi connectivity index (χ2n) is 4.64. The number of hydrogen-bond acceptors (Lipinski definition) is 2. The predicted octanol–water partition coefficient (Wildman–Crippen LogP) is 3.20. The molecule has 1 fully saturated rings. The number of ether oxygens (including phenoxy) is 1. The molecule has 0 N–H and O–H groups in total. The van der Waals surface area contributed by atoms with E-state index in [2.05, 4.69) is 6.92 Å². The van der Waals surface area contributed by atoms with Crippen LogP contribution < -0.4 is 0 Å². The number of ketones is 1. The molecule has 0 heterocycles. The number of hydrogen-bond donors (Lipinski definition) is 0. The minimum Gasteiger partial charge on any atom is -0.371 e. The summed E-state index contributed by atoms with van der Waals surface area (Å²) in [6.07, 6.45) is 5.71. The highest BCUT2D eigenvalue weighted by atomic mass is 16.5. The maximum Gasteiger partial charge on any atom is 0.164 e. The number of Topliss-reactive ketones (excluding diaryl/α,β-unsaturated/α-hetero) is 1. The van der Waals surface area contributed by atoms with E-state index in [-0.39, 0.29) is 12.0 Å². The standard InChI is InChI=1S/C13H24O2/c1-4-11-7-6-8-12(9-11)13(14)10(3)15-5-2/h10-12H,4-9H2,1-3H3. The number of carbonyl (C=O) groups excluding carboxylic acids is 1. The van der Waals surface area contributed by atoms with Crippen molar-refractivity contribution in [3.63, 3.8) is 0 Å². The molecule has 3 atom stereocenters. The monoisotopic (exact) mass is 212 g/mol. The quantitative estimate of drug-likeness (QED) is 0.699. The summed E-state index contributed by atoms with van der Waals surface area (Å²) in [5.41, 5.74) is 0. The molecule has 0 aromatic rings. The van der Waals surface area contributed by atoms with Gasteiger partial charge < -0.3 is 4.74 Å². The van der Waals surface area contributed by atoms with Crippen LogP contribution in [0.3, 0.4) is 0 Å². The average Bonchev–Trinajstić information content (AvgIpc) is 2.28. The molecule has 0 aliphatic heterocycles. The largest absolute Gasteiger partial charge is 0.371 e. The highest BCUT2D eigenvalue weighted by molar-refractivity contribution is 5.85. The molecule has 88 valence electrons. The van der Waals surface area contributed by atoms with Gasteiger partial charge in [-0.25, -0.2) is 0 Å². The summed E-state index contributed by atoms with van der Waals surface area (Å²) in [6.45, 7) is 6.70. The molecule has 0 spiro atoms. The molecule has 1 aliphatic rings. The van der Waals surface area contributed by atoms with E-state index in [1.807, 2.05) is 13.8 Å². The maximum absolute atomic E-state index is 12.0. The van der Waals surface area contributed by atoms with E-state index >= 15 is 0 Å². The minimum absolute atomic E-state index is 0.199. The van der Waals surface area contributed by atoms with Crippen LogP contribution in [0.1, 0.15) is 52.9 Å². The van der Waals surface area contributed by atoms with Gasteiger partial charge in [0.2, 0.25) is 0 Å². The van der Waals surface area contributed by atoms with Crippen molar-refractivity contribution in [1.82, 2.24) is 0 Å². The van der Waals surface area contributed by atoms with Gasteiger partial charge in [-0.15, -0.1) is 0 Å². The number of rotatable bonds is 5. The van der Waals surface area contributed by atoms with Crippen LogP contribution in [0.25, 0.3) is 0 Å². The van der Waals surface area contributed by atoms with Gasteiger partial charge in [-0.2, -0.15) is 0 Å². The molecule has 0 bridgehead atoms. The zero-order chi connectivity index (χ0) is 11.3. The lowest BCUT2D eigenvalue weighted by molar-refractivity contribution is -0.134. The van der Waals surface area contributed by atoms with Crippen LogP contribution in [-0.4, -0.2) is 18.5 Å². The summed E-state index contributed by atoms with van der Waals surface area (Å²) in [7, 11) is 0. The van der Waals surface area contributed by atoms with Crippen LogP contribution in [0.4, 0.5) is 0 Å². The summed E-state index contributed by atoms with van der Waals surface area (Å²) in [5, 5.41) is 0. The van der Waals surface area contributed by atoms with Crippen LogP contribution in [-0.2, 0) is 9.53 Å². The molecule has 3 unspecified atom stereocenters. The smallest absolute Gasteiger partial charge is 0.164 e. The van der Waals surface area contributed by atoms with Gasteiger partial charge in [0, 0.05) is 12.5 Å². The van der Waals surface area contributed by atoms with Gasteiger partial charge in [-0.3, -0.25) is 4.79 Å². The van der Waals surface area contributed by atoms with E-state index in [1.54, 1.807) is 0 Å². The lowest BCUT2D eigenvalue weighted by Crippen LogP contribution is -2.31. The third kappa shape index (κ3) is 3.60. The van der Waals surface area contributed by atoms with Gasteiger partial charge in [-0.05, 0) is 32.6 Å². The molecule has 0 saturated heterocycles. The topological polar surface area (TPSA) is 26.3 Å². The lowest BCUT2D eigenvalue weighted by Gasteiger charge is -2.29. The molecule has 1 rings (SSSR count). The van der Waals surface area contributed by atoms with E-state index in [1.165, 1.54) is 19.3 Å². The van der Waals surface area contributed by atoms with Gasteiger partial charge in [-0.1, -0.05) is 26.2 Å². The Labute approximate surface area is 93.4 Å². The van der Waals surface area contributed by atoms with Crippen LogP contribution in [0.5, 0.6) is 0 Å². The molecule has 1 saturated carbocycles. The molecule has 0 aromatic heterocycles. The summed E-state index contributed by atoms with van der Waals surface area (Å²) in [6, 6.07) is 0. The van der Waals surface area contributed by atoms with Crippen molar-refractivity contribution in [3.8, 4) is 0 Å². The Balaban J connectivity index is 2.44. The van der Waals surface area contributed by atoms with Crippen molar-refractivity contribution >= 4 is 5.78 Å². The van der Waals surface area contributed by atoms with Crippen molar-refractivity contribution < 1.29 is 9.53 Å².